The third-order valence-corrected chi connectivity index (χ3v) is 4.94. The zero-order valence-electron chi connectivity index (χ0n) is 10.1. The minimum Gasteiger partial charge on any atom is -0.313 e. The third kappa shape index (κ3) is 3.67. The lowest BCUT2D eigenvalue weighted by molar-refractivity contribution is 0.115. The zero-order chi connectivity index (χ0) is 10.6. The molecule has 0 aromatic carbocycles. The number of hydrogen-bond acceptors (Lipinski definition) is 2. The van der Waals surface area contributed by atoms with E-state index in [2.05, 4.69) is 24.0 Å². The van der Waals surface area contributed by atoms with E-state index < -0.39 is 0 Å². The first-order chi connectivity index (χ1) is 7.35. The summed E-state index contributed by atoms with van der Waals surface area (Å²) in [6, 6.07) is 0.896. The van der Waals surface area contributed by atoms with Crippen molar-refractivity contribution in [1.82, 2.24) is 5.32 Å². The first kappa shape index (κ1) is 11.8. The molecule has 2 saturated carbocycles. The predicted molar refractivity (Wildman–Crippen MR) is 69.5 cm³/mol. The fourth-order valence-electron chi connectivity index (χ4n) is 2.53. The van der Waals surface area contributed by atoms with E-state index in [1.807, 2.05) is 0 Å². The maximum absolute atomic E-state index is 3.73. The van der Waals surface area contributed by atoms with Crippen molar-refractivity contribution in [2.45, 2.75) is 57.9 Å². The Hall–Kier alpha value is 0.310. The fourth-order valence-corrected chi connectivity index (χ4v) is 3.17. The van der Waals surface area contributed by atoms with Crippen molar-refractivity contribution >= 4 is 11.8 Å². The third-order valence-electron chi connectivity index (χ3n) is 3.96. The molecule has 0 aromatic rings. The molecule has 2 heteroatoms. The van der Waals surface area contributed by atoms with Gasteiger partial charge in [0.05, 0.1) is 0 Å². The Morgan fingerprint density at radius 1 is 1.33 bits per heavy atom. The van der Waals surface area contributed by atoms with Crippen LogP contribution in [0.2, 0.25) is 0 Å². The van der Waals surface area contributed by atoms with Gasteiger partial charge in [0.25, 0.3) is 0 Å². The second-order valence-electron chi connectivity index (χ2n) is 5.31. The van der Waals surface area contributed by atoms with Crippen LogP contribution in [-0.2, 0) is 0 Å². The Balaban J connectivity index is 1.60. The molecule has 0 atom stereocenters. The van der Waals surface area contributed by atoms with Crippen LogP contribution in [0.15, 0.2) is 0 Å². The second kappa shape index (κ2) is 5.58. The van der Waals surface area contributed by atoms with Crippen LogP contribution in [0.4, 0.5) is 0 Å². The average Bonchev–Trinajstić information content (AvgIpc) is 2.98. The Bertz CT molecular complexity index is 185. The smallest absolute Gasteiger partial charge is 0.00684 e. The van der Waals surface area contributed by atoms with Gasteiger partial charge in [0.15, 0.2) is 0 Å². The molecule has 2 aliphatic carbocycles. The molecule has 0 heterocycles. The molecule has 2 fully saturated rings. The van der Waals surface area contributed by atoms with Gasteiger partial charge in [0.1, 0.15) is 0 Å². The van der Waals surface area contributed by atoms with Crippen LogP contribution in [0.25, 0.3) is 0 Å². The van der Waals surface area contributed by atoms with E-state index in [0.717, 1.165) is 11.5 Å². The molecule has 15 heavy (non-hydrogen) atoms. The molecular weight excluding hydrogens is 202 g/mol. The summed E-state index contributed by atoms with van der Waals surface area (Å²) in [5.41, 5.74) is 0.719. The summed E-state index contributed by atoms with van der Waals surface area (Å²) >= 11 is 2.10. The summed E-state index contributed by atoms with van der Waals surface area (Å²) in [4.78, 5) is 0. The molecule has 0 aliphatic heterocycles. The van der Waals surface area contributed by atoms with E-state index in [-0.39, 0.29) is 0 Å². The topological polar surface area (TPSA) is 12.0 Å². The molecule has 1 nitrogen and oxygen atoms in total. The number of thioether (sulfide) groups is 1. The summed E-state index contributed by atoms with van der Waals surface area (Å²) < 4.78 is 0. The summed E-state index contributed by atoms with van der Waals surface area (Å²) in [7, 11) is 0. The van der Waals surface area contributed by atoms with Gasteiger partial charge in [-0.25, -0.2) is 0 Å². The summed E-state index contributed by atoms with van der Waals surface area (Å²) in [6.07, 6.45) is 10.2. The second-order valence-corrected chi connectivity index (χ2v) is 6.70. The van der Waals surface area contributed by atoms with Crippen molar-refractivity contribution in [3.63, 3.8) is 0 Å². The SMILES string of the molecule is CCSCCCC1(CNC2CC2)CCC1. The molecule has 1 N–H and O–H groups in total. The number of hydrogen-bond donors (Lipinski definition) is 1. The minimum atomic E-state index is 0.719. The van der Waals surface area contributed by atoms with Crippen molar-refractivity contribution < 1.29 is 0 Å². The molecule has 88 valence electrons. The monoisotopic (exact) mass is 227 g/mol. The highest BCUT2D eigenvalue weighted by Crippen LogP contribution is 2.44. The van der Waals surface area contributed by atoms with Crippen molar-refractivity contribution in [1.29, 1.82) is 0 Å². The Labute approximate surface area is 98.8 Å². The van der Waals surface area contributed by atoms with Gasteiger partial charge < -0.3 is 5.32 Å². The van der Waals surface area contributed by atoms with E-state index >= 15 is 0 Å². The van der Waals surface area contributed by atoms with Gasteiger partial charge in [0, 0.05) is 12.6 Å². The van der Waals surface area contributed by atoms with E-state index in [4.69, 9.17) is 0 Å². The van der Waals surface area contributed by atoms with Crippen LogP contribution in [0.3, 0.4) is 0 Å². The van der Waals surface area contributed by atoms with Gasteiger partial charge in [-0.05, 0) is 55.4 Å². The largest absolute Gasteiger partial charge is 0.313 e. The van der Waals surface area contributed by atoms with Crippen LogP contribution >= 0.6 is 11.8 Å². The minimum absolute atomic E-state index is 0.719. The zero-order valence-corrected chi connectivity index (χ0v) is 10.9. The van der Waals surface area contributed by atoms with E-state index in [9.17, 15) is 0 Å². The molecule has 0 amide bonds. The molecule has 2 aliphatic rings. The van der Waals surface area contributed by atoms with Crippen LogP contribution < -0.4 is 5.32 Å². The highest BCUT2D eigenvalue weighted by molar-refractivity contribution is 7.99. The Morgan fingerprint density at radius 3 is 2.67 bits per heavy atom. The fraction of sp³-hybridized carbons (Fsp3) is 1.00. The summed E-state index contributed by atoms with van der Waals surface area (Å²) in [6.45, 7) is 3.58. The first-order valence-electron chi connectivity index (χ1n) is 6.66. The van der Waals surface area contributed by atoms with Gasteiger partial charge in [-0.15, -0.1) is 0 Å². The molecule has 0 aromatic heterocycles. The van der Waals surface area contributed by atoms with Crippen molar-refractivity contribution in [2.75, 3.05) is 18.1 Å². The van der Waals surface area contributed by atoms with Gasteiger partial charge in [0.2, 0.25) is 0 Å². The number of nitrogens with one attached hydrogen (secondary N) is 1. The van der Waals surface area contributed by atoms with E-state index in [1.54, 1.807) is 0 Å². The highest BCUT2D eigenvalue weighted by Gasteiger charge is 2.37. The predicted octanol–water partition coefficient (Wildman–Crippen LogP) is 3.44. The summed E-state index contributed by atoms with van der Waals surface area (Å²) in [5.74, 6) is 2.66. The van der Waals surface area contributed by atoms with Crippen LogP contribution in [0.5, 0.6) is 0 Å². The van der Waals surface area contributed by atoms with Crippen LogP contribution in [0.1, 0.15) is 51.9 Å². The molecule has 2 rings (SSSR count). The molecule has 0 bridgehead atoms. The standard InChI is InChI=1S/C13H25NS/c1-2-15-10-4-9-13(7-3-8-13)11-14-12-5-6-12/h12,14H,2-11H2,1H3. The van der Waals surface area contributed by atoms with Crippen LogP contribution in [-0.4, -0.2) is 24.1 Å². The Kier molecular flexibility index (Phi) is 4.39. The quantitative estimate of drug-likeness (QED) is 0.638. The van der Waals surface area contributed by atoms with E-state index in [1.165, 1.54) is 63.0 Å². The highest BCUT2D eigenvalue weighted by atomic mass is 32.2. The molecular formula is C13H25NS. The molecule has 0 radical (unpaired) electrons. The summed E-state index contributed by atoms with van der Waals surface area (Å²) in [5, 5.41) is 3.73. The maximum Gasteiger partial charge on any atom is 0.00684 e. The van der Waals surface area contributed by atoms with Crippen molar-refractivity contribution in [3.8, 4) is 0 Å². The first-order valence-corrected chi connectivity index (χ1v) is 7.81. The average molecular weight is 227 g/mol. The Morgan fingerprint density at radius 2 is 2.13 bits per heavy atom. The molecule has 0 unspecified atom stereocenters. The van der Waals surface area contributed by atoms with E-state index in [0.29, 0.717) is 0 Å². The van der Waals surface area contributed by atoms with Crippen LogP contribution in [0, 0.1) is 5.41 Å². The lowest BCUT2D eigenvalue weighted by Crippen LogP contribution is -2.40. The van der Waals surface area contributed by atoms with Gasteiger partial charge in [-0.1, -0.05) is 13.3 Å². The lowest BCUT2D eigenvalue weighted by atomic mass is 9.66. The molecule has 0 spiro atoms. The molecule has 0 saturated heterocycles. The van der Waals surface area contributed by atoms with Gasteiger partial charge in [-0.3, -0.25) is 0 Å². The van der Waals surface area contributed by atoms with Crippen molar-refractivity contribution in [3.05, 3.63) is 0 Å². The number of rotatable bonds is 8. The van der Waals surface area contributed by atoms with Gasteiger partial charge in [-0.2, -0.15) is 11.8 Å². The van der Waals surface area contributed by atoms with Gasteiger partial charge >= 0.3 is 0 Å². The van der Waals surface area contributed by atoms with Crippen molar-refractivity contribution in [2.24, 2.45) is 5.41 Å². The maximum atomic E-state index is 3.73. The normalized spacial score (nSPS) is 23.8. The lowest BCUT2D eigenvalue weighted by Gasteiger charge is -2.42.